The van der Waals surface area contributed by atoms with E-state index in [4.69, 9.17) is 16.3 Å². The third-order valence-electron chi connectivity index (χ3n) is 3.02. The fourth-order valence-electron chi connectivity index (χ4n) is 1.97. The second kappa shape index (κ2) is 9.00. The molecule has 0 spiro atoms. The zero-order valence-electron chi connectivity index (χ0n) is 15.1. The fraction of sp³-hybridized carbons (Fsp3) is 0.562. The van der Waals surface area contributed by atoms with E-state index < -0.39 is 9.84 Å². The average molecular weight is 409 g/mol. The van der Waals surface area contributed by atoms with Crippen molar-refractivity contribution in [3.05, 3.63) is 17.2 Å². The number of carbonyl (C=O) groups is 1. The Hall–Kier alpha value is -1.12. The standard InChI is InChI=1S/C16H25ClN2O4S2/c1-16(2,3)24-7-6-18-14(20)10-19-12-8-11(17)9-13(15(12)23-4)25(5,21)22/h8-9,19H,6-7,10H2,1-5H3,(H,18,20). The molecule has 0 fully saturated rings. The number of thioether (sulfide) groups is 1. The molecule has 9 heteroatoms. The first-order chi connectivity index (χ1) is 11.4. The van der Waals surface area contributed by atoms with Crippen LogP contribution in [0.5, 0.6) is 5.75 Å². The van der Waals surface area contributed by atoms with Crippen molar-refractivity contribution in [2.75, 3.05) is 37.5 Å². The summed E-state index contributed by atoms with van der Waals surface area (Å²) >= 11 is 7.75. The molecule has 25 heavy (non-hydrogen) atoms. The predicted octanol–water partition coefficient (Wildman–Crippen LogP) is 2.81. The second-order valence-electron chi connectivity index (χ2n) is 6.42. The largest absolute Gasteiger partial charge is 0.493 e. The number of benzene rings is 1. The molecule has 0 aliphatic heterocycles. The molecule has 0 saturated heterocycles. The Morgan fingerprint density at radius 2 is 1.96 bits per heavy atom. The van der Waals surface area contributed by atoms with E-state index in [0.29, 0.717) is 12.2 Å². The number of amides is 1. The number of hydrogen-bond acceptors (Lipinski definition) is 6. The van der Waals surface area contributed by atoms with E-state index in [-0.39, 0.29) is 32.9 Å². The summed E-state index contributed by atoms with van der Waals surface area (Å²) in [5.74, 6) is 0.758. The lowest BCUT2D eigenvalue weighted by molar-refractivity contribution is -0.119. The first-order valence-corrected chi connectivity index (χ1v) is 10.9. The summed E-state index contributed by atoms with van der Waals surface area (Å²) in [6.07, 6.45) is 1.07. The van der Waals surface area contributed by atoms with Crippen molar-refractivity contribution in [1.82, 2.24) is 5.32 Å². The maximum Gasteiger partial charge on any atom is 0.239 e. The maximum atomic E-state index is 11.9. The molecule has 6 nitrogen and oxygen atoms in total. The van der Waals surface area contributed by atoms with Crippen molar-refractivity contribution in [3.8, 4) is 5.75 Å². The SMILES string of the molecule is COc1c(NCC(=O)NCCSC(C)(C)C)cc(Cl)cc1S(C)(=O)=O. The summed E-state index contributed by atoms with van der Waals surface area (Å²) in [4.78, 5) is 11.9. The minimum Gasteiger partial charge on any atom is -0.493 e. The fourth-order valence-corrected chi connectivity index (χ4v) is 3.94. The van der Waals surface area contributed by atoms with Crippen LogP contribution in [0.3, 0.4) is 0 Å². The predicted molar refractivity (Wildman–Crippen MR) is 105 cm³/mol. The van der Waals surface area contributed by atoms with Gasteiger partial charge in [-0.15, -0.1) is 0 Å². The molecule has 142 valence electrons. The van der Waals surface area contributed by atoms with Crippen molar-refractivity contribution >= 4 is 44.8 Å². The number of sulfone groups is 1. The summed E-state index contributed by atoms with van der Waals surface area (Å²) in [6.45, 7) is 6.90. The molecule has 0 aliphatic carbocycles. The number of ether oxygens (including phenoxy) is 1. The zero-order chi connectivity index (χ0) is 19.3. The minimum absolute atomic E-state index is 0.0138. The van der Waals surface area contributed by atoms with Gasteiger partial charge in [-0.05, 0) is 12.1 Å². The molecule has 0 saturated carbocycles. The molecule has 2 N–H and O–H groups in total. The lowest BCUT2D eigenvalue weighted by Crippen LogP contribution is -2.32. The molecule has 1 aromatic rings. The first-order valence-electron chi connectivity index (χ1n) is 7.66. The van der Waals surface area contributed by atoms with Gasteiger partial charge in [0.2, 0.25) is 5.91 Å². The van der Waals surface area contributed by atoms with Crippen LogP contribution in [0.4, 0.5) is 5.69 Å². The lowest BCUT2D eigenvalue weighted by atomic mass is 10.3. The van der Waals surface area contributed by atoms with Crippen molar-refractivity contribution in [2.45, 2.75) is 30.4 Å². The molecule has 0 heterocycles. The van der Waals surface area contributed by atoms with Gasteiger partial charge < -0.3 is 15.4 Å². The quantitative estimate of drug-likeness (QED) is 0.643. The van der Waals surface area contributed by atoms with E-state index in [1.54, 1.807) is 11.8 Å². The Kier molecular flexibility index (Phi) is 7.89. The molecule has 0 atom stereocenters. The van der Waals surface area contributed by atoms with E-state index in [1.807, 2.05) is 0 Å². The molecule has 0 aliphatic rings. The van der Waals surface area contributed by atoms with E-state index in [9.17, 15) is 13.2 Å². The topological polar surface area (TPSA) is 84.5 Å². The van der Waals surface area contributed by atoms with Crippen LogP contribution in [0.25, 0.3) is 0 Å². The smallest absolute Gasteiger partial charge is 0.239 e. The van der Waals surface area contributed by atoms with Crippen LogP contribution in [-0.4, -0.2) is 51.3 Å². The number of hydrogen-bond donors (Lipinski definition) is 2. The van der Waals surface area contributed by atoms with Crippen LogP contribution in [-0.2, 0) is 14.6 Å². The van der Waals surface area contributed by atoms with Crippen LogP contribution in [0.1, 0.15) is 20.8 Å². The molecule has 0 aromatic heterocycles. The number of methoxy groups -OCH3 is 1. The van der Waals surface area contributed by atoms with Gasteiger partial charge >= 0.3 is 0 Å². The number of halogens is 1. The Morgan fingerprint density at radius 1 is 1.32 bits per heavy atom. The van der Waals surface area contributed by atoms with Crippen LogP contribution >= 0.6 is 23.4 Å². The third-order valence-corrected chi connectivity index (χ3v) is 5.62. The molecular weight excluding hydrogens is 384 g/mol. The number of nitrogens with one attached hydrogen (secondary N) is 2. The molecular formula is C16H25ClN2O4S2. The summed E-state index contributed by atoms with van der Waals surface area (Å²) < 4.78 is 29.1. The van der Waals surface area contributed by atoms with Crippen LogP contribution in [0.15, 0.2) is 17.0 Å². The minimum atomic E-state index is -3.51. The highest BCUT2D eigenvalue weighted by Gasteiger charge is 2.19. The van der Waals surface area contributed by atoms with Gasteiger partial charge in [-0.3, -0.25) is 4.79 Å². The van der Waals surface area contributed by atoms with Gasteiger partial charge in [-0.2, -0.15) is 11.8 Å². The first kappa shape index (κ1) is 21.9. The molecule has 1 amide bonds. The van der Waals surface area contributed by atoms with Gasteiger partial charge in [0, 0.05) is 28.3 Å². The normalized spacial score (nSPS) is 11.9. The van der Waals surface area contributed by atoms with Gasteiger partial charge in [0.25, 0.3) is 0 Å². The summed E-state index contributed by atoms with van der Waals surface area (Å²) in [5, 5.41) is 5.93. The Labute approximate surface area is 159 Å². The number of rotatable bonds is 8. The van der Waals surface area contributed by atoms with Crippen molar-refractivity contribution in [2.24, 2.45) is 0 Å². The summed E-state index contributed by atoms with van der Waals surface area (Å²) in [6, 6.07) is 2.85. The average Bonchev–Trinajstić information content (AvgIpc) is 2.47. The maximum absolute atomic E-state index is 11.9. The van der Waals surface area contributed by atoms with Crippen molar-refractivity contribution in [1.29, 1.82) is 0 Å². The van der Waals surface area contributed by atoms with E-state index in [0.717, 1.165) is 12.0 Å². The summed E-state index contributed by atoms with van der Waals surface area (Å²) in [5.41, 5.74) is 0.356. The van der Waals surface area contributed by atoms with Gasteiger partial charge in [-0.25, -0.2) is 8.42 Å². The lowest BCUT2D eigenvalue weighted by Gasteiger charge is -2.18. The molecule has 0 unspecified atom stereocenters. The summed E-state index contributed by atoms with van der Waals surface area (Å²) in [7, 11) is -2.15. The Morgan fingerprint density at radius 3 is 2.48 bits per heavy atom. The monoisotopic (exact) mass is 408 g/mol. The van der Waals surface area contributed by atoms with Gasteiger partial charge in [0.15, 0.2) is 15.6 Å². The van der Waals surface area contributed by atoms with E-state index in [1.165, 1.54) is 19.2 Å². The molecule has 0 bridgehead atoms. The van der Waals surface area contributed by atoms with Gasteiger partial charge in [0.1, 0.15) is 4.90 Å². The molecule has 0 radical (unpaired) electrons. The second-order valence-corrected chi connectivity index (χ2v) is 10.8. The van der Waals surface area contributed by atoms with Crippen molar-refractivity contribution in [3.63, 3.8) is 0 Å². The van der Waals surface area contributed by atoms with Gasteiger partial charge in [-0.1, -0.05) is 32.4 Å². The highest BCUT2D eigenvalue weighted by molar-refractivity contribution is 8.00. The zero-order valence-corrected chi connectivity index (χ0v) is 17.5. The number of anilines is 1. The third kappa shape index (κ3) is 7.75. The Bertz CT molecular complexity index is 716. The van der Waals surface area contributed by atoms with Gasteiger partial charge in [0.05, 0.1) is 19.3 Å². The van der Waals surface area contributed by atoms with Crippen LogP contribution in [0, 0.1) is 0 Å². The van der Waals surface area contributed by atoms with Crippen LogP contribution < -0.4 is 15.4 Å². The number of carbonyl (C=O) groups excluding carboxylic acids is 1. The molecule has 1 rings (SSSR count). The van der Waals surface area contributed by atoms with Crippen LogP contribution in [0.2, 0.25) is 5.02 Å². The van der Waals surface area contributed by atoms with E-state index in [2.05, 4.69) is 31.4 Å². The highest BCUT2D eigenvalue weighted by atomic mass is 35.5. The highest BCUT2D eigenvalue weighted by Crippen LogP contribution is 2.35. The van der Waals surface area contributed by atoms with E-state index >= 15 is 0 Å². The Balaban J connectivity index is 2.71. The molecule has 1 aromatic carbocycles. The van der Waals surface area contributed by atoms with Crippen molar-refractivity contribution < 1.29 is 17.9 Å².